The molecule has 18 heavy (non-hydrogen) atoms. The number of hydrogen-bond donors (Lipinski definition) is 1. The van der Waals surface area contributed by atoms with Crippen LogP contribution >= 0.6 is 0 Å². The molecule has 5 heteroatoms. The van der Waals surface area contributed by atoms with E-state index in [0.717, 1.165) is 0 Å². The maximum atomic E-state index is 11.8. The molecule has 2 atom stereocenters. The number of piperidine rings is 1. The summed E-state index contributed by atoms with van der Waals surface area (Å²) in [5, 5.41) is 0. The quantitative estimate of drug-likeness (QED) is 0.822. The largest absolute Gasteiger partial charge is 0.339 e. The van der Waals surface area contributed by atoms with Crippen molar-refractivity contribution in [3.8, 4) is 0 Å². The molecule has 0 bridgehead atoms. The number of carbonyl (C=O) groups excluding carboxylic acids is 1. The van der Waals surface area contributed by atoms with Gasteiger partial charge in [0.1, 0.15) is 0 Å². The molecule has 5 nitrogen and oxygen atoms in total. The molecule has 1 aliphatic rings. The molecule has 2 unspecified atom stereocenters. The fraction of sp³-hybridized carbons (Fsp3) is 0.538. The molecule has 1 aromatic rings. The number of nitrogens with zero attached hydrogens (tertiary/aromatic N) is 2. The predicted molar refractivity (Wildman–Crippen MR) is 69.0 cm³/mol. The lowest BCUT2D eigenvalue weighted by Gasteiger charge is -2.34. The average molecular weight is 249 g/mol. The summed E-state index contributed by atoms with van der Waals surface area (Å²) >= 11 is 0. The minimum absolute atomic E-state index is 0.0372. The van der Waals surface area contributed by atoms with E-state index in [0.29, 0.717) is 26.1 Å². The Bertz CT molecular complexity index is 483. The third-order valence-electron chi connectivity index (χ3n) is 3.52. The average Bonchev–Trinajstić information content (AvgIpc) is 2.34. The third-order valence-corrected chi connectivity index (χ3v) is 3.52. The molecular formula is C13H19N3O2. The molecule has 1 aromatic heterocycles. The summed E-state index contributed by atoms with van der Waals surface area (Å²) in [4.78, 5) is 25.1. The Morgan fingerprint density at radius 1 is 1.33 bits per heavy atom. The molecule has 1 saturated heterocycles. The van der Waals surface area contributed by atoms with Gasteiger partial charge in [0, 0.05) is 44.4 Å². The first-order valence-corrected chi connectivity index (χ1v) is 6.27. The zero-order valence-electron chi connectivity index (χ0n) is 10.6. The predicted octanol–water partition coefficient (Wildman–Crippen LogP) is 0.0440. The van der Waals surface area contributed by atoms with Crippen LogP contribution in [0.4, 0.5) is 0 Å². The molecule has 1 amide bonds. The van der Waals surface area contributed by atoms with Crippen LogP contribution in [0.1, 0.15) is 13.3 Å². The topological polar surface area (TPSA) is 68.3 Å². The van der Waals surface area contributed by atoms with Gasteiger partial charge in [-0.3, -0.25) is 9.59 Å². The fourth-order valence-corrected chi connectivity index (χ4v) is 2.18. The number of pyridine rings is 1. The summed E-state index contributed by atoms with van der Waals surface area (Å²) in [5.74, 6) is 0.376. The van der Waals surface area contributed by atoms with Crippen LogP contribution in [0.5, 0.6) is 0 Å². The van der Waals surface area contributed by atoms with Gasteiger partial charge in [-0.25, -0.2) is 0 Å². The number of amides is 1. The highest BCUT2D eigenvalue weighted by atomic mass is 16.2. The SMILES string of the molecule is CC1CC(=O)N(CCn2ccccc2=O)CC1N. The molecule has 0 aromatic carbocycles. The van der Waals surface area contributed by atoms with Crippen LogP contribution in [0.15, 0.2) is 29.2 Å². The van der Waals surface area contributed by atoms with Crippen LogP contribution in [-0.4, -0.2) is 34.5 Å². The van der Waals surface area contributed by atoms with Crippen molar-refractivity contribution in [2.24, 2.45) is 11.7 Å². The lowest BCUT2D eigenvalue weighted by molar-refractivity contribution is -0.135. The second-order valence-electron chi connectivity index (χ2n) is 4.92. The minimum atomic E-state index is -0.0420. The van der Waals surface area contributed by atoms with Crippen molar-refractivity contribution in [1.82, 2.24) is 9.47 Å². The Balaban J connectivity index is 1.96. The van der Waals surface area contributed by atoms with E-state index < -0.39 is 0 Å². The molecule has 2 N–H and O–H groups in total. The van der Waals surface area contributed by atoms with Gasteiger partial charge in [-0.2, -0.15) is 0 Å². The minimum Gasteiger partial charge on any atom is -0.339 e. The van der Waals surface area contributed by atoms with E-state index in [9.17, 15) is 9.59 Å². The van der Waals surface area contributed by atoms with Gasteiger partial charge in [0.2, 0.25) is 5.91 Å². The van der Waals surface area contributed by atoms with Gasteiger partial charge in [-0.05, 0) is 12.0 Å². The van der Waals surface area contributed by atoms with Crippen molar-refractivity contribution < 1.29 is 4.79 Å². The molecule has 1 aliphatic heterocycles. The van der Waals surface area contributed by atoms with E-state index in [1.807, 2.05) is 13.0 Å². The zero-order valence-corrected chi connectivity index (χ0v) is 10.6. The van der Waals surface area contributed by atoms with Crippen molar-refractivity contribution in [2.75, 3.05) is 13.1 Å². The number of hydrogen-bond acceptors (Lipinski definition) is 3. The van der Waals surface area contributed by atoms with Gasteiger partial charge in [0.25, 0.3) is 5.56 Å². The molecule has 2 heterocycles. The highest BCUT2D eigenvalue weighted by Gasteiger charge is 2.28. The van der Waals surface area contributed by atoms with Crippen LogP contribution < -0.4 is 11.3 Å². The Hall–Kier alpha value is -1.62. The number of carbonyl (C=O) groups is 1. The van der Waals surface area contributed by atoms with Crippen LogP contribution in [0.2, 0.25) is 0 Å². The van der Waals surface area contributed by atoms with Crippen molar-refractivity contribution in [1.29, 1.82) is 0 Å². The first-order valence-electron chi connectivity index (χ1n) is 6.27. The molecule has 1 fully saturated rings. The second kappa shape index (κ2) is 5.35. The molecule has 0 radical (unpaired) electrons. The normalized spacial score (nSPS) is 24.3. The smallest absolute Gasteiger partial charge is 0.250 e. The van der Waals surface area contributed by atoms with E-state index in [4.69, 9.17) is 5.73 Å². The number of nitrogens with two attached hydrogens (primary N) is 1. The number of aromatic nitrogens is 1. The lowest BCUT2D eigenvalue weighted by Crippen LogP contribution is -2.51. The fourth-order valence-electron chi connectivity index (χ4n) is 2.18. The first-order chi connectivity index (χ1) is 8.58. The van der Waals surface area contributed by atoms with Crippen molar-refractivity contribution in [3.63, 3.8) is 0 Å². The summed E-state index contributed by atoms with van der Waals surface area (Å²) in [5.41, 5.74) is 5.93. The molecule has 0 saturated carbocycles. The zero-order chi connectivity index (χ0) is 13.1. The highest BCUT2D eigenvalue weighted by molar-refractivity contribution is 5.77. The lowest BCUT2D eigenvalue weighted by atomic mass is 9.94. The molecule has 2 rings (SSSR count). The number of likely N-dealkylation sites (tertiary alicyclic amines) is 1. The summed E-state index contributed by atoms with van der Waals surface area (Å²) in [7, 11) is 0. The summed E-state index contributed by atoms with van der Waals surface area (Å²) in [6.07, 6.45) is 2.24. The molecule has 98 valence electrons. The Labute approximate surface area is 106 Å². The van der Waals surface area contributed by atoms with Gasteiger partial charge < -0.3 is 15.2 Å². The van der Waals surface area contributed by atoms with Gasteiger partial charge >= 0.3 is 0 Å². The van der Waals surface area contributed by atoms with Crippen molar-refractivity contribution in [3.05, 3.63) is 34.7 Å². The van der Waals surface area contributed by atoms with E-state index in [1.165, 1.54) is 6.07 Å². The maximum absolute atomic E-state index is 11.8. The van der Waals surface area contributed by atoms with Crippen molar-refractivity contribution >= 4 is 5.91 Å². The summed E-state index contributed by atoms with van der Waals surface area (Å²) < 4.78 is 1.61. The molecule has 0 aliphatic carbocycles. The summed E-state index contributed by atoms with van der Waals surface area (Å²) in [6, 6.07) is 5.08. The van der Waals surface area contributed by atoms with Gasteiger partial charge in [-0.15, -0.1) is 0 Å². The second-order valence-corrected chi connectivity index (χ2v) is 4.92. The van der Waals surface area contributed by atoms with Gasteiger partial charge in [0.15, 0.2) is 0 Å². The van der Waals surface area contributed by atoms with Crippen LogP contribution in [0.3, 0.4) is 0 Å². The number of rotatable bonds is 3. The van der Waals surface area contributed by atoms with Crippen LogP contribution in [0.25, 0.3) is 0 Å². The summed E-state index contributed by atoms with van der Waals surface area (Å²) in [6.45, 7) is 3.65. The van der Waals surface area contributed by atoms with Gasteiger partial charge in [0.05, 0.1) is 0 Å². The van der Waals surface area contributed by atoms with Crippen molar-refractivity contribution in [2.45, 2.75) is 25.9 Å². The Morgan fingerprint density at radius 2 is 2.11 bits per heavy atom. The van der Waals surface area contributed by atoms with Gasteiger partial charge in [-0.1, -0.05) is 13.0 Å². The van der Waals surface area contributed by atoms with Crippen LogP contribution in [-0.2, 0) is 11.3 Å². The highest BCUT2D eigenvalue weighted by Crippen LogP contribution is 2.16. The molecular weight excluding hydrogens is 230 g/mol. The maximum Gasteiger partial charge on any atom is 0.250 e. The molecule has 0 spiro atoms. The van der Waals surface area contributed by atoms with E-state index in [2.05, 4.69) is 0 Å². The standard InChI is InChI=1S/C13H19N3O2/c1-10-8-13(18)16(9-11(10)14)7-6-15-5-3-2-4-12(15)17/h2-5,10-11H,6-9,14H2,1H3. The monoisotopic (exact) mass is 249 g/mol. The first kappa shape index (κ1) is 12.8. The Morgan fingerprint density at radius 3 is 2.83 bits per heavy atom. The third kappa shape index (κ3) is 2.79. The Kier molecular flexibility index (Phi) is 3.81. The van der Waals surface area contributed by atoms with E-state index in [-0.39, 0.29) is 23.4 Å². The van der Waals surface area contributed by atoms with E-state index in [1.54, 1.807) is 21.7 Å². The van der Waals surface area contributed by atoms with Crippen LogP contribution in [0, 0.1) is 5.92 Å². The van der Waals surface area contributed by atoms with E-state index >= 15 is 0 Å².